The molecule has 0 bridgehead atoms. The van der Waals surface area contributed by atoms with Gasteiger partial charge in [0.05, 0.1) is 18.2 Å². The number of ether oxygens (including phenoxy) is 1. The third-order valence-corrected chi connectivity index (χ3v) is 4.07. The van der Waals surface area contributed by atoms with Crippen LogP contribution in [0.15, 0.2) is 58.5 Å². The molecule has 0 unspecified atom stereocenters. The molecule has 0 aliphatic heterocycles. The zero-order valence-corrected chi connectivity index (χ0v) is 12.6. The van der Waals surface area contributed by atoms with Crippen molar-refractivity contribution in [2.24, 2.45) is 5.10 Å². The Balaban J connectivity index is 2.06. The van der Waals surface area contributed by atoms with Crippen LogP contribution in [0.2, 0.25) is 0 Å². The van der Waals surface area contributed by atoms with Gasteiger partial charge in [0.15, 0.2) is 0 Å². The molecule has 0 aliphatic carbocycles. The maximum absolute atomic E-state index is 12.0. The van der Waals surface area contributed by atoms with E-state index in [1.807, 2.05) is 6.92 Å². The number of nitrogens with one attached hydrogen (secondary N) is 1. The van der Waals surface area contributed by atoms with Crippen molar-refractivity contribution >= 4 is 16.2 Å². The van der Waals surface area contributed by atoms with Crippen LogP contribution in [0.25, 0.3) is 0 Å². The van der Waals surface area contributed by atoms with Gasteiger partial charge in [0.25, 0.3) is 10.0 Å². The van der Waals surface area contributed by atoms with E-state index in [9.17, 15) is 8.42 Å². The van der Waals surface area contributed by atoms with Gasteiger partial charge in [0.2, 0.25) is 0 Å². The minimum absolute atomic E-state index is 0.181. The first-order valence-corrected chi connectivity index (χ1v) is 7.75. The SMILES string of the molecule is COc1ccc(/C=N/NS(=O)(=O)c2ccc(C)cc2)cc1. The maximum atomic E-state index is 12.0. The smallest absolute Gasteiger partial charge is 0.276 e. The number of hydrogen-bond donors (Lipinski definition) is 1. The van der Waals surface area contributed by atoms with Gasteiger partial charge in [-0.05, 0) is 48.9 Å². The van der Waals surface area contributed by atoms with Crippen LogP contribution < -0.4 is 9.57 Å². The topological polar surface area (TPSA) is 67.8 Å². The molecule has 0 heterocycles. The van der Waals surface area contributed by atoms with E-state index in [0.29, 0.717) is 0 Å². The lowest BCUT2D eigenvalue weighted by Gasteiger charge is -2.03. The number of sulfonamides is 1. The Hall–Kier alpha value is -2.34. The van der Waals surface area contributed by atoms with Crippen molar-refractivity contribution in [1.29, 1.82) is 0 Å². The van der Waals surface area contributed by atoms with Gasteiger partial charge < -0.3 is 4.74 Å². The molecule has 1 N–H and O–H groups in total. The predicted molar refractivity (Wildman–Crippen MR) is 82.1 cm³/mol. The lowest BCUT2D eigenvalue weighted by atomic mass is 10.2. The second-order valence-corrected chi connectivity index (χ2v) is 6.10. The second-order valence-electron chi connectivity index (χ2n) is 4.44. The quantitative estimate of drug-likeness (QED) is 0.681. The number of methoxy groups -OCH3 is 1. The first-order valence-electron chi connectivity index (χ1n) is 6.27. The average Bonchev–Trinajstić information content (AvgIpc) is 2.48. The van der Waals surface area contributed by atoms with Gasteiger partial charge in [-0.3, -0.25) is 0 Å². The van der Waals surface area contributed by atoms with Crippen LogP contribution in [-0.2, 0) is 10.0 Å². The van der Waals surface area contributed by atoms with Crippen molar-refractivity contribution < 1.29 is 13.2 Å². The van der Waals surface area contributed by atoms with Gasteiger partial charge in [-0.1, -0.05) is 17.7 Å². The van der Waals surface area contributed by atoms with Crippen LogP contribution >= 0.6 is 0 Å². The standard InChI is InChI=1S/C15H16N2O3S/c1-12-3-9-15(10-4-12)21(18,19)17-16-11-13-5-7-14(20-2)8-6-13/h3-11,17H,1-2H3/b16-11+. The number of nitrogens with zero attached hydrogens (tertiary/aromatic N) is 1. The van der Waals surface area contributed by atoms with E-state index in [1.165, 1.54) is 6.21 Å². The lowest BCUT2D eigenvalue weighted by Crippen LogP contribution is -2.18. The minimum atomic E-state index is -3.63. The summed E-state index contributed by atoms with van der Waals surface area (Å²) in [6.45, 7) is 1.89. The van der Waals surface area contributed by atoms with E-state index >= 15 is 0 Å². The molecule has 0 fully saturated rings. The summed E-state index contributed by atoms with van der Waals surface area (Å²) in [4.78, 5) is 2.36. The fourth-order valence-electron chi connectivity index (χ4n) is 1.63. The summed E-state index contributed by atoms with van der Waals surface area (Å²) in [5.41, 5.74) is 1.76. The molecule has 6 heteroatoms. The average molecular weight is 304 g/mol. The van der Waals surface area contributed by atoms with Crippen LogP contribution in [0.1, 0.15) is 11.1 Å². The summed E-state index contributed by atoms with van der Waals surface area (Å²) in [6, 6.07) is 13.7. The lowest BCUT2D eigenvalue weighted by molar-refractivity contribution is 0.415. The van der Waals surface area contributed by atoms with Gasteiger partial charge in [-0.25, -0.2) is 4.83 Å². The maximum Gasteiger partial charge on any atom is 0.276 e. The van der Waals surface area contributed by atoms with Crippen molar-refractivity contribution in [3.05, 3.63) is 59.7 Å². The van der Waals surface area contributed by atoms with Crippen molar-refractivity contribution in [2.45, 2.75) is 11.8 Å². The zero-order valence-electron chi connectivity index (χ0n) is 11.8. The van der Waals surface area contributed by atoms with Crippen molar-refractivity contribution in [3.8, 4) is 5.75 Å². The molecule has 5 nitrogen and oxygen atoms in total. The van der Waals surface area contributed by atoms with Gasteiger partial charge in [0.1, 0.15) is 5.75 Å². The largest absolute Gasteiger partial charge is 0.497 e. The Kier molecular flexibility index (Phi) is 4.59. The summed E-state index contributed by atoms with van der Waals surface area (Å²) in [7, 11) is -2.05. The number of rotatable bonds is 5. The molecule has 21 heavy (non-hydrogen) atoms. The van der Waals surface area contributed by atoms with Gasteiger partial charge in [-0.2, -0.15) is 13.5 Å². The Labute approximate surface area is 124 Å². The van der Waals surface area contributed by atoms with Crippen LogP contribution in [0.3, 0.4) is 0 Å². The van der Waals surface area contributed by atoms with Crippen LogP contribution in [0.4, 0.5) is 0 Å². The number of benzene rings is 2. The molecule has 0 saturated carbocycles. The van der Waals surface area contributed by atoms with Crippen molar-refractivity contribution in [2.75, 3.05) is 7.11 Å². The molecule has 0 atom stereocenters. The Morgan fingerprint density at radius 1 is 1.05 bits per heavy atom. The molecule has 0 amide bonds. The Bertz CT molecular complexity index is 721. The molecule has 0 spiro atoms. The highest BCUT2D eigenvalue weighted by Crippen LogP contribution is 2.11. The van der Waals surface area contributed by atoms with E-state index in [4.69, 9.17) is 4.74 Å². The number of hydrazone groups is 1. The third-order valence-electron chi connectivity index (χ3n) is 2.83. The number of aryl methyl sites for hydroxylation is 1. The monoisotopic (exact) mass is 304 g/mol. The van der Waals surface area contributed by atoms with E-state index < -0.39 is 10.0 Å². The van der Waals surface area contributed by atoms with Gasteiger partial charge in [0, 0.05) is 0 Å². The van der Waals surface area contributed by atoms with Crippen LogP contribution in [-0.4, -0.2) is 21.7 Å². The first kappa shape index (κ1) is 15.1. The predicted octanol–water partition coefficient (Wildman–Crippen LogP) is 2.32. The van der Waals surface area contributed by atoms with E-state index in [-0.39, 0.29) is 4.90 Å². The summed E-state index contributed by atoms with van der Waals surface area (Å²) >= 11 is 0. The van der Waals surface area contributed by atoms with E-state index in [1.54, 1.807) is 55.6 Å². The third kappa shape index (κ3) is 4.06. The van der Waals surface area contributed by atoms with E-state index in [2.05, 4.69) is 9.93 Å². The molecule has 0 saturated heterocycles. The fourth-order valence-corrected chi connectivity index (χ4v) is 2.42. The van der Waals surface area contributed by atoms with Gasteiger partial charge in [-0.15, -0.1) is 0 Å². The Morgan fingerprint density at radius 2 is 1.67 bits per heavy atom. The highest BCUT2D eigenvalue weighted by atomic mass is 32.2. The zero-order chi connectivity index (χ0) is 15.3. The summed E-state index contributed by atoms with van der Waals surface area (Å²) < 4.78 is 29.0. The molecule has 2 aromatic rings. The summed E-state index contributed by atoms with van der Waals surface area (Å²) in [5.74, 6) is 0.729. The molecular formula is C15H16N2O3S. The molecule has 0 aliphatic rings. The first-order chi connectivity index (χ1) is 10.0. The van der Waals surface area contributed by atoms with Crippen molar-refractivity contribution in [3.63, 3.8) is 0 Å². The molecule has 0 aromatic heterocycles. The molecule has 2 rings (SSSR count). The Morgan fingerprint density at radius 3 is 2.24 bits per heavy atom. The second kappa shape index (κ2) is 6.41. The van der Waals surface area contributed by atoms with Crippen LogP contribution in [0.5, 0.6) is 5.75 Å². The number of hydrogen-bond acceptors (Lipinski definition) is 4. The summed E-state index contributed by atoms with van der Waals surface area (Å²) in [6.07, 6.45) is 1.44. The van der Waals surface area contributed by atoms with Crippen LogP contribution in [0, 0.1) is 6.92 Å². The van der Waals surface area contributed by atoms with E-state index in [0.717, 1.165) is 16.9 Å². The normalized spacial score (nSPS) is 11.5. The molecule has 110 valence electrons. The molecule has 0 radical (unpaired) electrons. The van der Waals surface area contributed by atoms with Gasteiger partial charge >= 0.3 is 0 Å². The van der Waals surface area contributed by atoms with Crippen molar-refractivity contribution in [1.82, 2.24) is 4.83 Å². The summed E-state index contributed by atoms with van der Waals surface area (Å²) in [5, 5.41) is 3.76. The molecule has 2 aromatic carbocycles. The molecular weight excluding hydrogens is 288 g/mol. The highest BCUT2D eigenvalue weighted by molar-refractivity contribution is 7.89. The fraction of sp³-hybridized carbons (Fsp3) is 0.133. The minimum Gasteiger partial charge on any atom is -0.497 e. The highest BCUT2D eigenvalue weighted by Gasteiger charge is 2.11.